The van der Waals surface area contributed by atoms with Gasteiger partial charge in [0.2, 0.25) is 0 Å². The molecule has 2 atom stereocenters. The number of aryl methyl sites for hydroxylation is 1. The molecule has 0 radical (unpaired) electrons. The van der Waals surface area contributed by atoms with Gasteiger partial charge in [-0.05, 0) is 48.4 Å². The molecule has 8 heteroatoms. The molecule has 0 aliphatic carbocycles. The standard InChI is InChI=1S/C21H32N4O2S.HI/c1-4-22-21(23-13-16(2)18-7-12-28-15-18)24-14-19(20-6-5-17(3)27-20)25-8-10-26-11-9-25;/h5-7,12,15-16,19H,4,8-11,13-14H2,1-3H3,(H2,22,23,24);1H. The number of thiophene rings is 1. The van der Waals surface area contributed by atoms with Gasteiger partial charge in [0.15, 0.2) is 5.96 Å². The Bertz CT molecular complexity index is 729. The van der Waals surface area contributed by atoms with Crippen molar-refractivity contribution >= 4 is 41.3 Å². The molecule has 1 fully saturated rings. The number of halogens is 1. The molecule has 0 spiro atoms. The molecule has 2 unspecified atom stereocenters. The zero-order chi connectivity index (χ0) is 19.8. The summed E-state index contributed by atoms with van der Waals surface area (Å²) >= 11 is 1.74. The van der Waals surface area contributed by atoms with Gasteiger partial charge in [-0.3, -0.25) is 9.89 Å². The lowest BCUT2D eigenvalue weighted by Gasteiger charge is -2.33. The summed E-state index contributed by atoms with van der Waals surface area (Å²) < 4.78 is 11.5. The summed E-state index contributed by atoms with van der Waals surface area (Å²) in [6.45, 7) is 12.0. The Morgan fingerprint density at radius 1 is 1.24 bits per heavy atom. The molecule has 2 aromatic heterocycles. The fourth-order valence-corrected chi connectivity index (χ4v) is 4.14. The topological polar surface area (TPSA) is 62.0 Å². The number of nitrogens with one attached hydrogen (secondary N) is 2. The predicted molar refractivity (Wildman–Crippen MR) is 131 cm³/mol. The van der Waals surface area contributed by atoms with Crippen molar-refractivity contribution in [2.24, 2.45) is 4.99 Å². The molecule has 3 heterocycles. The quantitative estimate of drug-likeness (QED) is 0.306. The normalized spacial score (nSPS) is 17.4. The second-order valence-electron chi connectivity index (χ2n) is 7.17. The van der Waals surface area contributed by atoms with E-state index in [-0.39, 0.29) is 30.0 Å². The van der Waals surface area contributed by atoms with E-state index in [4.69, 9.17) is 14.1 Å². The van der Waals surface area contributed by atoms with Crippen LogP contribution >= 0.6 is 35.3 Å². The maximum absolute atomic E-state index is 5.96. The fraction of sp³-hybridized carbons (Fsp3) is 0.571. The number of aliphatic imine (C=N–C) groups is 1. The summed E-state index contributed by atoms with van der Waals surface area (Å²) in [4.78, 5) is 7.23. The van der Waals surface area contributed by atoms with Crippen molar-refractivity contribution in [2.45, 2.75) is 32.7 Å². The Balaban J connectivity index is 0.00000300. The van der Waals surface area contributed by atoms with Crippen LogP contribution in [-0.2, 0) is 4.74 Å². The van der Waals surface area contributed by atoms with Crippen molar-refractivity contribution in [1.82, 2.24) is 15.5 Å². The van der Waals surface area contributed by atoms with Crippen LogP contribution in [0.3, 0.4) is 0 Å². The highest BCUT2D eigenvalue weighted by molar-refractivity contribution is 14.0. The van der Waals surface area contributed by atoms with Gasteiger partial charge in [0, 0.05) is 38.6 Å². The van der Waals surface area contributed by atoms with Crippen molar-refractivity contribution < 1.29 is 9.15 Å². The van der Waals surface area contributed by atoms with Gasteiger partial charge < -0.3 is 19.8 Å². The summed E-state index contributed by atoms with van der Waals surface area (Å²) in [5.74, 6) is 3.20. The van der Waals surface area contributed by atoms with E-state index in [0.29, 0.717) is 5.92 Å². The predicted octanol–water partition coefficient (Wildman–Crippen LogP) is 4.00. The van der Waals surface area contributed by atoms with Crippen molar-refractivity contribution in [1.29, 1.82) is 0 Å². The van der Waals surface area contributed by atoms with Crippen LogP contribution < -0.4 is 10.6 Å². The van der Waals surface area contributed by atoms with E-state index < -0.39 is 0 Å². The van der Waals surface area contributed by atoms with Crippen molar-refractivity contribution in [2.75, 3.05) is 45.9 Å². The highest BCUT2D eigenvalue weighted by Crippen LogP contribution is 2.23. The molecular weight excluding hydrogens is 499 g/mol. The third-order valence-electron chi connectivity index (χ3n) is 5.02. The van der Waals surface area contributed by atoms with Crippen molar-refractivity contribution in [3.63, 3.8) is 0 Å². The molecule has 1 saturated heterocycles. The summed E-state index contributed by atoms with van der Waals surface area (Å²) in [6, 6.07) is 6.46. The monoisotopic (exact) mass is 532 g/mol. The molecule has 0 aromatic carbocycles. The Morgan fingerprint density at radius 3 is 2.66 bits per heavy atom. The third-order valence-corrected chi connectivity index (χ3v) is 5.72. The number of guanidine groups is 1. The van der Waals surface area contributed by atoms with Crippen LogP contribution in [0.15, 0.2) is 38.4 Å². The number of morpholine rings is 1. The lowest BCUT2D eigenvalue weighted by atomic mass is 10.1. The Labute approximate surface area is 195 Å². The second-order valence-corrected chi connectivity index (χ2v) is 7.95. The molecule has 29 heavy (non-hydrogen) atoms. The Morgan fingerprint density at radius 2 is 2.03 bits per heavy atom. The van der Waals surface area contributed by atoms with E-state index in [1.807, 2.05) is 13.0 Å². The van der Waals surface area contributed by atoms with Crippen LogP contribution in [0.1, 0.15) is 42.9 Å². The van der Waals surface area contributed by atoms with Crippen molar-refractivity contribution in [3.05, 3.63) is 46.0 Å². The van der Waals surface area contributed by atoms with Gasteiger partial charge in [-0.25, -0.2) is 0 Å². The second kappa shape index (κ2) is 12.6. The first-order valence-electron chi connectivity index (χ1n) is 10.1. The summed E-state index contributed by atoms with van der Waals surface area (Å²) in [5.41, 5.74) is 1.35. The van der Waals surface area contributed by atoms with E-state index in [0.717, 1.165) is 63.4 Å². The summed E-state index contributed by atoms with van der Waals surface area (Å²) in [6.07, 6.45) is 0. The molecule has 1 aliphatic heterocycles. The first-order valence-corrected chi connectivity index (χ1v) is 11.0. The molecule has 3 rings (SSSR count). The lowest BCUT2D eigenvalue weighted by molar-refractivity contribution is 0.0124. The first-order chi connectivity index (χ1) is 13.7. The van der Waals surface area contributed by atoms with E-state index in [2.05, 4.69) is 52.3 Å². The number of rotatable bonds is 8. The number of nitrogens with zero attached hydrogens (tertiary/aromatic N) is 2. The zero-order valence-corrected chi connectivity index (χ0v) is 20.7. The Hall–Kier alpha value is -1.10. The number of hydrogen-bond donors (Lipinski definition) is 2. The molecule has 2 N–H and O–H groups in total. The van der Waals surface area contributed by atoms with E-state index in [1.54, 1.807) is 11.3 Å². The van der Waals surface area contributed by atoms with Crippen LogP contribution in [0.25, 0.3) is 0 Å². The molecule has 0 bridgehead atoms. The summed E-state index contributed by atoms with van der Waals surface area (Å²) in [7, 11) is 0. The van der Waals surface area contributed by atoms with Crippen LogP contribution in [0.5, 0.6) is 0 Å². The minimum Gasteiger partial charge on any atom is -0.465 e. The van der Waals surface area contributed by atoms with Gasteiger partial charge in [-0.1, -0.05) is 6.92 Å². The van der Waals surface area contributed by atoms with Gasteiger partial charge >= 0.3 is 0 Å². The van der Waals surface area contributed by atoms with Gasteiger partial charge in [-0.15, -0.1) is 24.0 Å². The highest BCUT2D eigenvalue weighted by Gasteiger charge is 2.25. The molecule has 1 aliphatic rings. The van der Waals surface area contributed by atoms with Gasteiger partial charge in [-0.2, -0.15) is 11.3 Å². The fourth-order valence-electron chi connectivity index (χ4n) is 3.36. The smallest absolute Gasteiger partial charge is 0.191 e. The SMILES string of the molecule is CCNC(=NCC(C)c1ccsc1)NCC(c1ccc(C)o1)N1CCOCC1.I. The molecule has 0 amide bonds. The van der Waals surface area contributed by atoms with Crippen LogP contribution in [-0.4, -0.2) is 56.8 Å². The molecule has 0 saturated carbocycles. The minimum atomic E-state index is 0. The van der Waals surface area contributed by atoms with Gasteiger partial charge in [0.05, 0.1) is 19.3 Å². The zero-order valence-electron chi connectivity index (χ0n) is 17.5. The van der Waals surface area contributed by atoms with Crippen molar-refractivity contribution in [3.8, 4) is 0 Å². The number of hydrogen-bond acceptors (Lipinski definition) is 5. The van der Waals surface area contributed by atoms with Gasteiger partial charge in [0.25, 0.3) is 0 Å². The van der Waals surface area contributed by atoms with Crippen LogP contribution in [0, 0.1) is 6.92 Å². The maximum Gasteiger partial charge on any atom is 0.191 e. The minimum absolute atomic E-state index is 0. The average Bonchev–Trinajstić information content (AvgIpc) is 3.39. The van der Waals surface area contributed by atoms with Gasteiger partial charge in [0.1, 0.15) is 11.5 Å². The highest BCUT2D eigenvalue weighted by atomic mass is 127. The van der Waals surface area contributed by atoms with E-state index >= 15 is 0 Å². The van der Waals surface area contributed by atoms with E-state index in [1.165, 1.54) is 5.56 Å². The largest absolute Gasteiger partial charge is 0.465 e. The van der Waals surface area contributed by atoms with E-state index in [9.17, 15) is 0 Å². The molecule has 6 nitrogen and oxygen atoms in total. The number of furan rings is 1. The number of ether oxygens (including phenoxy) is 1. The molecule has 2 aromatic rings. The molecular formula is C21H33IN4O2S. The average molecular weight is 532 g/mol. The van der Waals surface area contributed by atoms with Crippen LogP contribution in [0.2, 0.25) is 0 Å². The first kappa shape index (κ1) is 24.2. The molecule has 162 valence electrons. The van der Waals surface area contributed by atoms with Crippen LogP contribution in [0.4, 0.5) is 0 Å². The maximum atomic E-state index is 5.96. The Kier molecular flexibility index (Phi) is 10.5. The third kappa shape index (κ3) is 7.27. The summed E-state index contributed by atoms with van der Waals surface area (Å²) in [5, 5.41) is 11.2. The lowest BCUT2D eigenvalue weighted by Crippen LogP contribution is -2.46.